The standard InChI is InChI=1S/C16H21N3O3S/c17-23(20,21)14-7-5-13(6-8-14)22-12-11-19-10-2-4-16(19)15-3-1-9-18-15/h1,3,5-9,16,18H,2,4,10-12H2,(H2,17,20,21)/t16-/m1/s1. The lowest BCUT2D eigenvalue weighted by Crippen LogP contribution is -2.28. The molecular formula is C16H21N3O3S. The molecule has 0 spiro atoms. The van der Waals surface area contributed by atoms with Gasteiger partial charge in [0.1, 0.15) is 12.4 Å². The molecule has 3 N–H and O–H groups in total. The van der Waals surface area contributed by atoms with Gasteiger partial charge in [0, 0.05) is 24.5 Å². The van der Waals surface area contributed by atoms with Crippen molar-refractivity contribution in [3.63, 3.8) is 0 Å². The third-order valence-corrected chi connectivity index (χ3v) is 5.07. The summed E-state index contributed by atoms with van der Waals surface area (Å²) in [5.74, 6) is 0.646. The molecule has 1 aliphatic rings. The molecule has 6 nitrogen and oxygen atoms in total. The Hall–Kier alpha value is -1.83. The summed E-state index contributed by atoms with van der Waals surface area (Å²) in [6.45, 7) is 2.46. The highest BCUT2D eigenvalue weighted by molar-refractivity contribution is 7.89. The van der Waals surface area contributed by atoms with Crippen LogP contribution in [0.15, 0.2) is 47.5 Å². The second-order valence-electron chi connectivity index (χ2n) is 5.68. The van der Waals surface area contributed by atoms with Crippen LogP contribution in [0.5, 0.6) is 5.75 Å². The van der Waals surface area contributed by atoms with Crippen molar-refractivity contribution in [2.75, 3.05) is 19.7 Å². The number of nitrogens with zero attached hydrogens (tertiary/aromatic N) is 1. The number of aromatic nitrogens is 1. The fraction of sp³-hybridized carbons (Fsp3) is 0.375. The molecule has 0 radical (unpaired) electrons. The Morgan fingerprint density at radius 3 is 2.70 bits per heavy atom. The topological polar surface area (TPSA) is 88.4 Å². The van der Waals surface area contributed by atoms with Crippen LogP contribution >= 0.6 is 0 Å². The monoisotopic (exact) mass is 335 g/mol. The van der Waals surface area contributed by atoms with E-state index >= 15 is 0 Å². The Morgan fingerprint density at radius 2 is 2.04 bits per heavy atom. The third-order valence-electron chi connectivity index (χ3n) is 4.14. The summed E-state index contributed by atoms with van der Waals surface area (Å²) in [6.07, 6.45) is 4.30. The summed E-state index contributed by atoms with van der Waals surface area (Å²) < 4.78 is 28.1. The van der Waals surface area contributed by atoms with Gasteiger partial charge in [0.25, 0.3) is 0 Å². The number of rotatable bonds is 6. The van der Waals surface area contributed by atoms with Gasteiger partial charge in [-0.2, -0.15) is 0 Å². The molecule has 1 aliphatic heterocycles. The van der Waals surface area contributed by atoms with Crippen LogP contribution in [0.1, 0.15) is 24.6 Å². The lowest BCUT2D eigenvalue weighted by atomic mass is 10.1. The van der Waals surface area contributed by atoms with E-state index in [-0.39, 0.29) is 4.90 Å². The van der Waals surface area contributed by atoms with E-state index in [1.54, 1.807) is 12.1 Å². The highest BCUT2D eigenvalue weighted by Gasteiger charge is 2.26. The smallest absolute Gasteiger partial charge is 0.238 e. The largest absolute Gasteiger partial charge is 0.492 e. The Balaban J connectivity index is 1.53. The van der Waals surface area contributed by atoms with Crippen LogP contribution < -0.4 is 9.88 Å². The Labute approximate surface area is 136 Å². The fourth-order valence-electron chi connectivity index (χ4n) is 3.00. The first-order valence-electron chi connectivity index (χ1n) is 7.67. The van der Waals surface area contributed by atoms with Crippen LogP contribution in [0.3, 0.4) is 0 Å². The average molecular weight is 335 g/mol. The predicted octanol–water partition coefficient (Wildman–Crippen LogP) is 1.88. The van der Waals surface area contributed by atoms with Crippen molar-refractivity contribution in [3.8, 4) is 5.75 Å². The number of nitrogens with two attached hydrogens (primary N) is 1. The molecular weight excluding hydrogens is 314 g/mol. The van der Waals surface area contributed by atoms with Gasteiger partial charge in [-0.3, -0.25) is 4.90 Å². The van der Waals surface area contributed by atoms with Crippen LogP contribution in [0.4, 0.5) is 0 Å². The zero-order chi connectivity index (χ0) is 16.3. The van der Waals surface area contributed by atoms with E-state index in [9.17, 15) is 8.42 Å². The molecule has 2 aromatic rings. The molecule has 0 aliphatic carbocycles. The number of benzene rings is 1. The highest BCUT2D eigenvalue weighted by atomic mass is 32.2. The zero-order valence-corrected chi connectivity index (χ0v) is 13.6. The van der Waals surface area contributed by atoms with Crippen molar-refractivity contribution in [2.24, 2.45) is 5.14 Å². The maximum atomic E-state index is 11.2. The van der Waals surface area contributed by atoms with Crippen molar-refractivity contribution in [1.29, 1.82) is 0 Å². The minimum absolute atomic E-state index is 0.0937. The molecule has 0 saturated carbocycles. The highest BCUT2D eigenvalue weighted by Crippen LogP contribution is 2.30. The van der Waals surface area contributed by atoms with E-state index < -0.39 is 10.0 Å². The van der Waals surface area contributed by atoms with Gasteiger partial charge in [0.15, 0.2) is 0 Å². The van der Waals surface area contributed by atoms with Crippen LogP contribution in [0.2, 0.25) is 0 Å². The predicted molar refractivity (Wildman–Crippen MR) is 87.7 cm³/mol. The van der Waals surface area contributed by atoms with E-state index in [0.29, 0.717) is 18.4 Å². The van der Waals surface area contributed by atoms with Crippen molar-refractivity contribution >= 4 is 10.0 Å². The lowest BCUT2D eigenvalue weighted by Gasteiger charge is -2.23. The molecule has 1 fully saturated rings. The lowest BCUT2D eigenvalue weighted by molar-refractivity contribution is 0.195. The Bertz CT molecular complexity index is 726. The number of nitrogens with one attached hydrogen (secondary N) is 1. The van der Waals surface area contributed by atoms with E-state index in [0.717, 1.165) is 19.5 Å². The Morgan fingerprint density at radius 1 is 1.26 bits per heavy atom. The molecule has 0 bridgehead atoms. The van der Waals surface area contributed by atoms with E-state index in [4.69, 9.17) is 9.88 Å². The summed E-state index contributed by atoms with van der Waals surface area (Å²) >= 11 is 0. The van der Waals surface area contributed by atoms with Gasteiger partial charge < -0.3 is 9.72 Å². The number of H-pyrrole nitrogens is 1. The third kappa shape index (κ3) is 3.93. The summed E-state index contributed by atoms with van der Waals surface area (Å²) in [5, 5.41) is 5.07. The maximum absolute atomic E-state index is 11.2. The molecule has 0 amide bonds. The molecule has 124 valence electrons. The number of hydrogen-bond donors (Lipinski definition) is 2. The van der Waals surface area contributed by atoms with E-state index in [2.05, 4.69) is 16.0 Å². The molecule has 1 aromatic heterocycles. The summed E-state index contributed by atoms with van der Waals surface area (Å²) in [4.78, 5) is 5.79. The summed E-state index contributed by atoms with van der Waals surface area (Å²) in [6, 6.07) is 10.8. The fourth-order valence-corrected chi connectivity index (χ4v) is 3.52. The van der Waals surface area contributed by atoms with Crippen LogP contribution in [-0.4, -0.2) is 38.0 Å². The number of sulfonamides is 1. The molecule has 1 atom stereocenters. The van der Waals surface area contributed by atoms with Gasteiger partial charge in [-0.25, -0.2) is 13.6 Å². The van der Waals surface area contributed by atoms with Crippen LogP contribution in [-0.2, 0) is 10.0 Å². The number of aromatic amines is 1. The van der Waals surface area contributed by atoms with Gasteiger partial charge in [-0.1, -0.05) is 0 Å². The average Bonchev–Trinajstić information content (AvgIpc) is 3.17. The number of hydrogen-bond acceptors (Lipinski definition) is 4. The van der Waals surface area contributed by atoms with Gasteiger partial charge in [-0.05, 0) is 55.8 Å². The molecule has 1 aromatic carbocycles. The normalized spacial score (nSPS) is 19.1. The molecule has 23 heavy (non-hydrogen) atoms. The molecule has 2 heterocycles. The van der Waals surface area contributed by atoms with Crippen molar-refractivity contribution in [3.05, 3.63) is 48.3 Å². The molecule has 3 rings (SSSR count). The van der Waals surface area contributed by atoms with Crippen LogP contribution in [0.25, 0.3) is 0 Å². The first-order valence-corrected chi connectivity index (χ1v) is 9.22. The van der Waals surface area contributed by atoms with Crippen LogP contribution in [0, 0.1) is 0 Å². The second-order valence-corrected chi connectivity index (χ2v) is 7.25. The minimum Gasteiger partial charge on any atom is -0.492 e. The number of likely N-dealkylation sites (tertiary alicyclic amines) is 1. The molecule has 0 unspecified atom stereocenters. The van der Waals surface area contributed by atoms with Crippen molar-refractivity contribution in [2.45, 2.75) is 23.8 Å². The van der Waals surface area contributed by atoms with Gasteiger partial charge in [0.05, 0.1) is 4.90 Å². The van der Waals surface area contributed by atoms with Gasteiger partial charge >= 0.3 is 0 Å². The van der Waals surface area contributed by atoms with E-state index in [1.807, 2.05) is 12.3 Å². The number of primary sulfonamides is 1. The summed E-state index contributed by atoms with van der Waals surface area (Å²) in [5.41, 5.74) is 1.25. The maximum Gasteiger partial charge on any atom is 0.238 e. The summed E-state index contributed by atoms with van der Waals surface area (Å²) in [7, 11) is -3.65. The molecule has 7 heteroatoms. The van der Waals surface area contributed by atoms with Crippen molar-refractivity contribution < 1.29 is 13.2 Å². The second kappa shape index (κ2) is 6.74. The van der Waals surface area contributed by atoms with Gasteiger partial charge in [-0.15, -0.1) is 0 Å². The van der Waals surface area contributed by atoms with Crippen molar-refractivity contribution in [1.82, 2.24) is 9.88 Å². The first kappa shape index (κ1) is 16.0. The van der Waals surface area contributed by atoms with E-state index in [1.165, 1.54) is 24.2 Å². The zero-order valence-electron chi connectivity index (χ0n) is 12.8. The first-order chi connectivity index (χ1) is 11.0. The minimum atomic E-state index is -3.65. The van der Waals surface area contributed by atoms with Gasteiger partial charge in [0.2, 0.25) is 10.0 Å². The quantitative estimate of drug-likeness (QED) is 0.843. The SMILES string of the molecule is NS(=O)(=O)c1ccc(OCCN2CCC[C@@H]2c2ccc[nH]2)cc1. The Kier molecular flexibility index (Phi) is 4.70. The molecule has 1 saturated heterocycles. The number of ether oxygens (including phenoxy) is 1.